The van der Waals surface area contributed by atoms with Crippen molar-refractivity contribution in [3.05, 3.63) is 24.3 Å². The first-order chi connectivity index (χ1) is 10.6. The normalized spacial score (nSPS) is 20.7. The smallest absolute Gasteiger partial charge is 0.275 e. The lowest BCUT2D eigenvalue weighted by Crippen LogP contribution is -3.16. The van der Waals surface area contributed by atoms with E-state index < -0.39 is 0 Å². The molecular formula is C17H26N3O2+. The summed E-state index contributed by atoms with van der Waals surface area (Å²) in [6.07, 6.45) is 2.53. The number of aromatic hydroxyl groups is 1. The molecule has 0 aromatic heterocycles. The molecule has 0 bridgehead atoms. The average molecular weight is 304 g/mol. The van der Waals surface area contributed by atoms with Gasteiger partial charge in [0, 0.05) is 11.7 Å². The van der Waals surface area contributed by atoms with Crippen molar-refractivity contribution >= 4 is 11.6 Å². The molecule has 1 aliphatic heterocycles. The minimum Gasteiger partial charge on any atom is -0.508 e. The molecule has 1 saturated carbocycles. The summed E-state index contributed by atoms with van der Waals surface area (Å²) in [6, 6.07) is 7.68. The summed E-state index contributed by atoms with van der Waals surface area (Å²) in [5.41, 5.74) is 1.14. The van der Waals surface area contributed by atoms with Gasteiger partial charge in [0.15, 0.2) is 6.54 Å². The lowest BCUT2D eigenvalue weighted by molar-refractivity contribution is -0.892. The van der Waals surface area contributed by atoms with Crippen LogP contribution in [0.5, 0.6) is 5.75 Å². The molecule has 1 aliphatic carbocycles. The number of phenols is 1. The molecule has 0 radical (unpaired) electrons. The number of anilines is 1. The van der Waals surface area contributed by atoms with Crippen molar-refractivity contribution in [3.63, 3.8) is 0 Å². The van der Waals surface area contributed by atoms with Gasteiger partial charge in [-0.3, -0.25) is 4.79 Å². The van der Waals surface area contributed by atoms with Gasteiger partial charge >= 0.3 is 0 Å². The highest BCUT2D eigenvalue weighted by Crippen LogP contribution is 2.32. The first-order valence-electron chi connectivity index (χ1n) is 8.29. The zero-order valence-electron chi connectivity index (χ0n) is 13.2. The molecule has 2 aliphatic rings. The quantitative estimate of drug-likeness (QED) is 0.718. The summed E-state index contributed by atoms with van der Waals surface area (Å²) in [6.45, 7) is 6.56. The Hall–Kier alpha value is -1.75. The van der Waals surface area contributed by atoms with Crippen molar-refractivity contribution in [1.82, 2.24) is 5.32 Å². The number of benzene rings is 1. The highest BCUT2D eigenvalue weighted by atomic mass is 16.3. The van der Waals surface area contributed by atoms with Crippen LogP contribution in [0.1, 0.15) is 19.8 Å². The maximum Gasteiger partial charge on any atom is 0.275 e. The number of phenolic OH excluding ortho intramolecular Hbond substituents is 1. The number of hydrogen-bond acceptors (Lipinski definition) is 3. The molecule has 0 spiro atoms. The second-order valence-electron chi connectivity index (χ2n) is 6.62. The van der Waals surface area contributed by atoms with Crippen molar-refractivity contribution in [3.8, 4) is 5.75 Å². The number of nitrogens with one attached hydrogen (secondary N) is 2. The van der Waals surface area contributed by atoms with E-state index in [-0.39, 0.29) is 5.91 Å². The molecule has 1 atom stereocenters. The number of carbonyl (C=O) groups excluding carboxylic acids is 1. The van der Waals surface area contributed by atoms with Crippen LogP contribution in [0.15, 0.2) is 24.3 Å². The number of carbonyl (C=O) groups is 1. The maximum absolute atomic E-state index is 12.1. The molecule has 2 fully saturated rings. The van der Waals surface area contributed by atoms with E-state index in [0.717, 1.165) is 31.9 Å². The van der Waals surface area contributed by atoms with Crippen molar-refractivity contribution in [2.24, 2.45) is 5.92 Å². The van der Waals surface area contributed by atoms with Gasteiger partial charge in [-0.15, -0.1) is 0 Å². The zero-order valence-corrected chi connectivity index (χ0v) is 13.2. The molecule has 5 heteroatoms. The Bertz CT molecular complexity index is 505. The molecular weight excluding hydrogens is 278 g/mol. The average Bonchev–Trinajstić information content (AvgIpc) is 3.33. The minimum absolute atomic E-state index is 0.187. The molecule has 1 aromatic rings. The van der Waals surface area contributed by atoms with E-state index in [1.54, 1.807) is 12.1 Å². The van der Waals surface area contributed by atoms with Crippen LogP contribution in [0.2, 0.25) is 0 Å². The van der Waals surface area contributed by atoms with Gasteiger partial charge < -0.3 is 20.2 Å². The fourth-order valence-electron chi connectivity index (χ4n) is 3.17. The maximum atomic E-state index is 12.1. The molecule has 1 aromatic carbocycles. The van der Waals surface area contributed by atoms with Crippen molar-refractivity contribution in [2.45, 2.75) is 25.8 Å². The Kier molecular flexibility index (Phi) is 4.52. The minimum atomic E-state index is 0.187. The van der Waals surface area contributed by atoms with Crippen LogP contribution in [0.4, 0.5) is 5.69 Å². The number of hydrogen-bond donors (Lipinski definition) is 3. The zero-order chi connectivity index (χ0) is 15.5. The Morgan fingerprint density at radius 3 is 2.55 bits per heavy atom. The topological polar surface area (TPSA) is 57.0 Å². The Morgan fingerprint density at radius 1 is 1.32 bits per heavy atom. The van der Waals surface area contributed by atoms with Gasteiger partial charge in [-0.1, -0.05) is 0 Å². The number of piperazine rings is 1. The van der Waals surface area contributed by atoms with E-state index >= 15 is 0 Å². The lowest BCUT2D eigenvalue weighted by Gasteiger charge is -2.33. The SMILES string of the molecule is C[C@H](NC(=O)C[NH+]1CCN(c2ccc(O)cc2)CC1)C1CC1. The van der Waals surface area contributed by atoms with E-state index in [0.29, 0.717) is 24.3 Å². The van der Waals surface area contributed by atoms with Gasteiger partial charge in [-0.25, -0.2) is 0 Å². The predicted octanol–water partition coefficient (Wildman–Crippen LogP) is 0.0118. The van der Waals surface area contributed by atoms with Crippen molar-refractivity contribution in [2.75, 3.05) is 37.6 Å². The first kappa shape index (κ1) is 15.2. The van der Waals surface area contributed by atoms with Gasteiger partial charge in [0.1, 0.15) is 5.75 Å². The molecule has 3 rings (SSSR count). The van der Waals surface area contributed by atoms with Crippen LogP contribution in [-0.2, 0) is 4.79 Å². The van der Waals surface area contributed by atoms with E-state index in [1.807, 2.05) is 12.1 Å². The highest BCUT2D eigenvalue weighted by Gasteiger charge is 2.30. The molecule has 3 N–H and O–H groups in total. The van der Waals surface area contributed by atoms with Crippen LogP contribution in [0.3, 0.4) is 0 Å². The van der Waals surface area contributed by atoms with Gasteiger partial charge in [0.05, 0.1) is 26.2 Å². The summed E-state index contributed by atoms with van der Waals surface area (Å²) in [7, 11) is 0. The third-order valence-corrected chi connectivity index (χ3v) is 4.81. The fraction of sp³-hybridized carbons (Fsp3) is 0.588. The Balaban J connectivity index is 1.43. The van der Waals surface area contributed by atoms with E-state index in [4.69, 9.17) is 0 Å². The molecule has 0 unspecified atom stereocenters. The number of nitrogens with zero attached hydrogens (tertiary/aromatic N) is 1. The number of rotatable bonds is 5. The lowest BCUT2D eigenvalue weighted by atomic mass is 10.2. The fourth-order valence-corrected chi connectivity index (χ4v) is 3.17. The molecule has 120 valence electrons. The summed E-state index contributed by atoms with van der Waals surface area (Å²) >= 11 is 0. The number of amides is 1. The van der Waals surface area contributed by atoms with Crippen LogP contribution < -0.4 is 15.1 Å². The van der Waals surface area contributed by atoms with Crippen LogP contribution in [0, 0.1) is 5.92 Å². The highest BCUT2D eigenvalue weighted by molar-refractivity contribution is 5.77. The first-order valence-corrected chi connectivity index (χ1v) is 8.29. The monoisotopic (exact) mass is 304 g/mol. The molecule has 5 nitrogen and oxygen atoms in total. The largest absolute Gasteiger partial charge is 0.508 e. The third-order valence-electron chi connectivity index (χ3n) is 4.81. The molecule has 1 amide bonds. The third kappa shape index (κ3) is 3.91. The van der Waals surface area contributed by atoms with E-state index in [2.05, 4.69) is 17.1 Å². The summed E-state index contributed by atoms with van der Waals surface area (Å²) in [4.78, 5) is 15.7. The molecule has 22 heavy (non-hydrogen) atoms. The molecule has 1 heterocycles. The van der Waals surface area contributed by atoms with E-state index in [1.165, 1.54) is 17.7 Å². The van der Waals surface area contributed by atoms with Crippen molar-refractivity contribution < 1.29 is 14.8 Å². The number of quaternary nitrogens is 1. The second kappa shape index (κ2) is 6.57. The summed E-state index contributed by atoms with van der Waals surface area (Å²) in [5, 5.41) is 12.5. The Labute approximate surface area is 131 Å². The van der Waals surface area contributed by atoms with Crippen LogP contribution in [-0.4, -0.2) is 49.8 Å². The van der Waals surface area contributed by atoms with E-state index in [9.17, 15) is 9.90 Å². The van der Waals surface area contributed by atoms with Crippen LogP contribution >= 0.6 is 0 Å². The Morgan fingerprint density at radius 2 is 1.95 bits per heavy atom. The predicted molar refractivity (Wildman–Crippen MR) is 86.2 cm³/mol. The van der Waals surface area contributed by atoms with Crippen LogP contribution in [0.25, 0.3) is 0 Å². The van der Waals surface area contributed by atoms with Gasteiger partial charge in [0.25, 0.3) is 5.91 Å². The standard InChI is InChI=1S/C17H25N3O2/c1-13(14-2-3-14)18-17(22)12-19-8-10-20(11-9-19)15-4-6-16(21)7-5-15/h4-7,13-14,21H,2-3,8-12H2,1H3,(H,18,22)/p+1/t13-/m0/s1. The van der Waals surface area contributed by atoms with Gasteiger partial charge in [-0.2, -0.15) is 0 Å². The van der Waals surface area contributed by atoms with Gasteiger partial charge in [0.2, 0.25) is 0 Å². The second-order valence-corrected chi connectivity index (χ2v) is 6.62. The van der Waals surface area contributed by atoms with Crippen molar-refractivity contribution in [1.29, 1.82) is 0 Å². The molecule has 1 saturated heterocycles. The summed E-state index contributed by atoms with van der Waals surface area (Å²) in [5.74, 6) is 1.20. The van der Waals surface area contributed by atoms with Gasteiger partial charge in [-0.05, 0) is 49.9 Å². The summed E-state index contributed by atoms with van der Waals surface area (Å²) < 4.78 is 0.